The molecule has 0 unspecified atom stereocenters. The summed E-state index contributed by atoms with van der Waals surface area (Å²) in [5.41, 5.74) is 1.99. The summed E-state index contributed by atoms with van der Waals surface area (Å²) >= 11 is 0. The fourth-order valence-corrected chi connectivity index (χ4v) is 3.18. The molecule has 0 spiro atoms. The number of hydrogen-bond acceptors (Lipinski definition) is 5. The molecular weight excluding hydrogens is 370 g/mol. The monoisotopic (exact) mass is 401 g/mol. The van der Waals surface area contributed by atoms with Gasteiger partial charge in [-0.25, -0.2) is 4.99 Å². The molecule has 29 heavy (non-hydrogen) atoms. The Kier molecular flexibility index (Phi) is 7.48. The minimum absolute atomic E-state index is 0.0424. The van der Waals surface area contributed by atoms with Crippen LogP contribution >= 0.6 is 0 Å². The van der Waals surface area contributed by atoms with Crippen molar-refractivity contribution in [1.29, 1.82) is 0 Å². The number of aryl methyl sites for hydroxylation is 1. The second kappa shape index (κ2) is 10.3. The number of ether oxygens (including phenoxy) is 1. The summed E-state index contributed by atoms with van der Waals surface area (Å²) in [6.45, 7) is 7.73. The zero-order chi connectivity index (χ0) is 20.6. The molecular formula is C21H31N5O3. The van der Waals surface area contributed by atoms with E-state index in [1.165, 1.54) is 4.90 Å². The smallest absolute Gasteiger partial charge is 0.243 e. The summed E-state index contributed by atoms with van der Waals surface area (Å²) < 4.78 is 11.4. The van der Waals surface area contributed by atoms with Gasteiger partial charge in [-0.3, -0.25) is 9.69 Å². The number of nitrogens with one attached hydrogen (secondary N) is 2. The summed E-state index contributed by atoms with van der Waals surface area (Å²) in [5.74, 6) is 1.43. The van der Waals surface area contributed by atoms with E-state index in [1.807, 2.05) is 18.2 Å². The van der Waals surface area contributed by atoms with Crippen molar-refractivity contribution in [1.82, 2.24) is 20.4 Å². The normalized spacial score (nSPS) is 15.5. The number of aliphatic imine (C=N–C) groups is 1. The fraction of sp³-hybridized carbons (Fsp3) is 0.524. The number of benzene rings is 1. The average molecular weight is 402 g/mol. The Labute approximate surface area is 171 Å². The van der Waals surface area contributed by atoms with E-state index in [-0.39, 0.29) is 12.5 Å². The number of amides is 1. The fourth-order valence-electron chi connectivity index (χ4n) is 3.18. The van der Waals surface area contributed by atoms with Crippen molar-refractivity contribution in [3.63, 3.8) is 0 Å². The second-order valence-electron chi connectivity index (χ2n) is 7.33. The molecule has 1 saturated heterocycles. The minimum atomic E-state index is -0.0424. The van der Waals surface area contributed by atoms with Crippen LogP contribution in [0.1, 0.15) is 11.3 Å². The van der Waals surface area contributed by atoms with Gasteiger partial charge in [0.25, 0.3) is 0 Å². The van der Waals surface area contributed by atoms with Crippen molar-refractivity contribution in [2.75, 3.05) is 60.0 Å². The maximum Gasteiger partial charge on any atom is 0.243 e. The number of fused-ring (bicyclic) bond motifs is 1. The number of guanidine groups is 1. The van der Waals surface area contributed by atoms with Crippen molar-refractivity contribution < 1.29 is 13.9 Å². The van der Waals surface area contributed by atoms with Gasteiger partial charge in [-0.2, -0.15) is 0 Å². The van der Waals surface area contributed by atoms with Gasteiger partial charge in [0.05, 0.1) is 19.8 Å². The highest BCUT2D eigenvalue weighted by molar-refractivity contribution is 5.85. The van der Waals surface area contributed by atoms with E-state index in [0.717, 1.165) is 61.7 Å². The summed E-state index contributed by atoms with van der Waals surface area (Å²) in [7, 11) is 3.46. The van der Waals surface area contributed by atoms with E-state index in [2.05, 4.69) is 33.5 Å². The van der Waals surface area contributed by atoms with Gasteiger partial charge < -0.3 is 24.7 Å². The van der Waals surface area contributed by atoms with Crippen LogP contribution in [-0.2, 0) is 16.1 Å². The molecule has 1 aromatic carbocycles. The zero-order valence-electron chi connectivity index (χ0n) is 17.5. The molecule has 1 fully saturated rings. The zero-order valence-corrected chi connectivity index (χ0v) is 17.5. The van der Waals surface area contributed by atoms with Gasteiger partial charge in [-0.15, -0.1) is 0 Å². The molecule has 0 radical (unpaired) electrons. The van der Waals surface area contributed by atoms with Gasteiger partial charge in [0.15, 0.2) is 5.96 Å². The van der Waals surface area contributed by atoms with Crippen LogP contribution in [0.5, 0.6) is 0 Å². The third-order valence-electron chi connectivity index (χ3n) is 5.05. The molecule has 2 aromatic rings. The lowest BCUT2D eigenvalue weighted by molar-refractivity contribution is -0.127. The SMILES string of the molecule is Cc1c(CNC(=NCC(=O)N(C)C)NCCN2CCOCC2)oc2ccccc12. The molecule has 0 saturated carbocycles. The molecule has 3 rings (SSSR count). The molecule has 0 atom stereocenters. The van der Waals surface area contributed by atoms with Gasteiger partial charge in [-0.1, -0.05) is 18.2 Å². The quantitative estimate of drug-likeness (QED) is 0.536. The molecule has 8 heteroatoms. The molecule has 0 bridgehead atoms. The lowest BCUT2D eigenvalue weighted by atomic mass is 10.1. The summed E-state index contributed by atoms with van der Waals surface area (Å²) in [6.07, 6.45) is 0. The standard InChI is InChI=1S/C21H31N5O3/c1-16-17-6-4-5-7-18(17)29-19(16)14-23-21(24-15-20(27)25(2)3)22-8-9-26-10-12-28-13-11-26/h4-7H,8-15H2,1-3H3,(H2,22,23,24). The Hall–Kier alpha value is -2.58. The van der Waals surface area contributed by atoms with Gasteiger partial charge >= 0.3 is 0 Å². The summed E-state index contributed by atoms with van der Waals surface area (Å²) in [6, 6.07) is 8.00. The molecule has 2 heterocycles. The average Bonchev–Trinajstić information content (AvgIpc) is 3.06. The van der Waals surface area contributed by atoms with E-state index in [4.69, 9.17) is 9.15 Å². The topological polar surface area (TPSA) is 82.3 Å². The van der Waals surface area contributed by atoms with Gasteiger partial charge in [0.1, 0.15) is 17.9 Å². The number of carbonyl (C=O) groups excluding carboxylic acids is 1. The van der Waals surface area contributed by atoms with Crippen molar-refractivity contribution in [3.8, 4) is 0 Å². The number of likely N-dealkylation sites (N-methyl/N-ethyl adjacent to an activating group) is 1. The lowest BCUT2D eigenvalue weighted by Crippen LogP contribution is -2.44. The largest absolute Gasteiger partial charge is 0.459 e. The first kappa shape index (κ1) is 21.1. The van der Waals surface area contributed by atoms with Crippen LogP contribution in [0, 0.1) is 6.92 Å². The Morgan fingerprint density at radius 3 is 2.69 bits per heavy atom. The Bertz CT molecular complexity index is 840. The van der Waals surface area contributed by atoms with Gasteiger partial charge in [0.2, 0.25) is 5.91 Å². The highest BCUT2D eigenvalue weighted by Crippen LogP contribution is 2.24. The van der Waals surface area contributed by atoms with Crippen molar-refractivity contribution in [3.05, 3.63) is 35.6 Å². The van der Waals surface area contributed by atoms with Crippen LogP contribution in [0.3, 0.4) is 0 Å². The summed E-state index contributed by atoms with van der Waals surface area (Å²) in [4.78, 5) is 20.3. The van der Waals surface area contributed by atoms with E-state index < -0.39 is 0 Å². The van der Waals surface area contributed by atoms with Crippen LogP contribution in [0.25, 0.3) is 11.0 Å². The van der Waals surface area contributed by atoms with E-state index in [9.17, 15) is 4.79 Å². The van der Waals surface area contributed by atoms with E-state index in [0.29, 0.717) is 12.5 Å². The highest BCUT2D eigenvalue weighted by atomic mass is 16.5. The molecule has 1 aromatic heterocycles. The Balaban J connectivity index is 1.60. The van der Waals surface area contributed by atoms with Gasteiger partial charge in [-0.05, 0) is 13.0 Å². The Morgan fingerprint density at radius 1 is 1.21 bits per heavy atom. The first-order valence-corrected chi connectivity index (χ1v) is 10.0. The first-order valence-electron chi connectivity index (χ1n) is 10.0. The van der Waals surface area contributed by atoms with Crippen LogP contribution in [0.4, 0.5) is 0 Å². The first-order chi connectivity index (χ1) is 14.0. The predicted molar refractivity (Wildman–Crippen MR) is 114 cm³/mol. The molecule has 1 aliphatic rings. The summed E-state index contributed by atoms with van der Waals surface area (Å²) in [5, 5.41) is 7.75. The van der Waals surface area contributed by atoms with Crippen molar-refractivity contribution >= 4 is 22.8 Å². The molecule has 0 aliphatic carbocycles. The minimum Gasteiger partial charge on any atom is -0.459 e. The number of furan rings is 1. The number of hydrogen-bond donors (Lipinski definition) is 2. The predicted octanol–water partition coefficient (Wildman–Crippen LogP) is 1.20. The van der Waals surface area contributed by atoms with Crippen LogP contribution in [-0.4, -0.2) is 81.7 Å². The molecule has 8 nitrogen and oxygen atoms in total. The maximum absolute atomic E-state index is 11.9. The number of morpholine rings is 1. The molecule has 2 N–H and O–H groups in total. The molecule has 1 amide bonds. The number of carbonyl (C=O) groups is 1. The second-order valence-corrected chi connectivity index (χ2v) is 7.33. The van der Waals surface area contributed by atoms with E-state index in [1.54, 1.807) is 14.1 Å². The van der Waals surface area contributed by atoms with Crippen LogP contribution in [0.15, 0.2) is 33.7 Å². The highest BCUT2D eigenvalue weighted by Gasteiger charge is 2.12. The molecule has 1 aliphatic heterocycles. The van der Waals surface area contributed by atoms with Crippen molar-refractivity contribution in [2.24, 2.45) is 4.99 Å². The third kappa shape index (κ3) is 5.95. The number of para-hydroxylation sites is 1. The van der Waals surface area contributed by atoms with Crippen LogP contribution < -0.4 is 10.6 Å². The maximum atomic E-state index is 11.9. The number of rotatable bonds is 7. The third-order valence-corrected chi connectivity index (χ3v) is 5.05. The molecule has 158 valence electrons. The van der Waals surface area contributed by atoms with Gasteiger partial charge in [0, 0.05) is 51.2 Å². The lowest BCUT2D eigenvalue weighted by Gasteiger charge is -2.26. The Morgan fingerprint density at radius 2 is 1.97 bits per heavy atom. The number of nitrogens with zero attached hydrogens (tertiary/aromatic N) is 3. The van der Waals surface area contributed by atoms with E-state index >= 15 is 0 Å². The van der Waals surface area contributed by atoms with Crippen LogP contribution in [0.2, 0.25) is 0 Å². The van der Waals surface area contributed by atoms with Crippen molar-refractivity contribution in [2.45, 2.75) is 13.5 Å².